The standard InChI is InChI=1S/C19H19Cl4N3O/c20-14-3-1-4-15(21)13(14)11-25-7-9-26(10-8-25)12-18(27)24-17-6-2-5-16(22)19(17)23/h1-6H,7-12H2,(H,24,27). The molecule has 1 aliphatic heterocycles. The number of hydrogen-bond donors (Lipinski definition) is 1. The van der Waals surface area contributed by atoms with Crippen LogP contribution in [0.15, 0.2) is 36.4 Å². The third kappa shape index (κ3) is 5.50. The fourth-order valence-electron chi connectivity index (χ4n) is 3.01. The second kappa shape index (κ2) is 9.46. The quantitative estimate of drug-likeness (QED) is 0.697. The molecule has 1 heterocycles. The number of nitrogens with zero attached hydrogens (tertiary/aromatic N) is 2. The predicted octanol–water partition coefficient (Wildman–Crippen LogP) is 5.06. The average molecular weight is 447 g/mol. The number of carbonyl (C=O) groups excluding carboxylic acids is 1. The van der Waals surface area contributed by atoms with Gasteiger partial charge in [-0.05, 0) is 24.3 Å². The maximum atomic E-state index is 12.3. The van der Waals surface area contributed by atoms with Crippen molar-refractivity contribution in [3.63, 3.8) is 0 Å². The zero-order valence-corrected chi connectivity index (χ0v) is 17.5. The Morgan fingerprint density at radius 3 is 2.07 bits per heavy atom. The van der Waals surface area contributed by atoms with Gasteiger partial charge >= 0.3 is 0 Å². The molecule has 27 heavy (non-hydrogen) atoms. The zero-order chi connectivity index (χ0) is 19.4. The number of amides is 1. The maximum absolute atomic E-state index is 12.3. The number of carbonyl (C=O) groups is 1. The highest BCUT2D eigenvalue weighted by atomic mass is 35.5. The predicted molar refractivity (Wildman–Crippen MR) is 113 cm³/mol. The van der Waals surface area contributed by atoms with Crippen LogP contribution in [0.3, 0.4) is 0 Å². The van der Waals surface area contributed by atoms with Crippen LogP contribution in [0.1, 0.15) is 5.56 Å². The van der Waals surface area contributed by atoms with E-state index in [1.54, 1.807) is 18.2 Å². The van der Waals surface area contributed by atoms with Crippen LogP contribution in [0.4, 0.5) is 5.69 Å². The van der Waals surface area contributed by atoms with E-state index in [4.69, 9.17) is 46.4 Å². The molecule has 8 heteroatoms. The Hall–Kier alpha value is -1.01. The number of halogens is 4. The van der Waals surface area contributed by atoms with E-state index in [2.05, 4.69) is 15.1 Å². The Balaban J connectivity index is 1.49. The van der Waals surface area contributed by atoms with Gasteiger partial charge in [-0.3, -0.25) is 14.6 Å². The minimum absolute atomic E-state index is 0.109. The third-order valence-electron chi connectivity index (χ3n) is 4.50. The van der Waals surface area contributed by atoms with Crippen molar-refractivity contribution in [2.45, 2.75) is 6.54 Å². The molecule has 1 aliphatic rings. The van der Waals surface area contributed by atoms with Gasteiger partial charge in [-0.1, -0.05) is 58.5 Å². The first kappa shape index (κ1) is 20.7. The maximum Gasteiger partial charge on any atom is 0.238 e. The van der Waals surface area contributed by atoms with Crippen LogP contribution in [0.25, 0.3) is 0 Å². The van der Waals surface area contributed by atoms with Crippen LogP contribution >= 0.6 is 46.4 Å². The monoisotopic (exact) mass is 445 g/mol. The first-order valence-corrected chi connectivity index (χ1v) is 10.1. The SMILES string of the molecule is O=C(CN1CCN(Cc2c(Cl)cccc2Cl)CC1)Nc1cccc(Cl)c1Cl. The number of anilines is 1. The largest absolute Gasteiger partial charge is 0.324 e. The van der Waals surface area contributed by atoms with Gasteiger partial charge in [-0.2, -0.15) is 0 Å². The van der Waals surface area contributed by atoms with E-state index in [-0.39, 0.29) is 5.91 Å². The van der Waals surface area contributed by atoms with Crippen LogP contribution in [0.2, 0.25) is 20.1 Å². The summed E-state index contributed by atoms with van der Waals surface area (Å²) in [4.78, 5) is 16.7. The molecule has 1 N–H and O–H groups in total. The van der Waals surface area contributed by atoms with Crippen LogP contribution in [-0.4, -0.2) is 48.4 Å². The molecule has 0 radical (unpaired) electrons. The van der Waals surface area contributed by atoms with Gasteiger partial charge in [0.05, 0.1) is 22.3 Å². The number of nitrogens with one attached hydrogen (secondary N) is 1. The number of hydrogen-bond acceptors (Lipinski definition) is 3. The normalized spacial score (nSPS) is 15.7. The Morgan fingerprint density at radius 2 is 1.41 bits per heavy atom. The molecule has 0 aliphatic carbocycles. The Bertz CT molecular complexity index is 802. The summed E-state index contributed by atoms with van der Waals surface area (Å²) < 4.78 is 0. The van der Waals surface area contributed by atoms with Gasteiger partial charge < -0.3 is 5.32 Å². The molecule has 0 atom stereocenters. The summed E-state index contributed by atoms with van der Waals surface area (Å²) in [5.74, 6) is -0.109. The lowest BCUT2D eigenvalue weighted by Crippen LogP contribution is -2.48. The van der Waals surface area contributed by atoms with E-state index in [0.29, 0.717) is 38.9 Å². The van der Waals surface area contributed by atoms with Crippen molar-refractivity contribution in [2.75, 3.05) is 38.0 Å². The molecule has 1 saturated heterocycles. The number of rotatable bonds is 5. The highest BCUT2D eigenvalue weighted by molar-refractivity contribution is 6.44. The molecule has 0 aromatic heterocycles. The molecule has 4 nitrogen and oxygen atoms in total. The molecule has 0 spiro atoms. The number of piperazine rings is 1. The van der Waals surface area contributed by atoms with Gasteiger partial charge in [0.2, 0.25) is 5.91 Å². The second-order valence-corrected chi connectivity index (χ2v) is 8.00. The van der Waals surface area contributed by atoms with Gasteiger partial charge in [0, 0.05) is 48.3 Å². The van der Waals surface area contributed by atoms with Crippen molar-refractivity contribution in [2.24, 2.45) is 0 Å². The second-order valence-electron chi connectivity index (χ2n) is 6.40. The summed E-state index contributed by atoms with van der Waals surface area (Å²) in [5.41, 5.74) is 1.48. The Labute approximate surface area is 178 Å². The highest BCUT2D eigenvalue weighted by Gasteiger charge is 2.21. The smallest absolute Gasteiger partial charge is 0.238 e. The molecule has 2 aromatic carbocycles. The van der Waals surface area contributed by atoms with Gasteiger partial charge in [-0.15, -0.1) is 0 Å². The molecule has 0 saturated carbocycles. The van der Waals surface area contributed by atoms with Crippen molar-refractivity contribution in [1.82, 2.24) is 9.80 Å². The molecule has 1 fully saturated rings. The minimum Gasteiger partial charge on any atom is -0.324 e. The molecule has 2 aromatic rings. The lowest BCUT2D eigenvalue weighted by Gasteiger charge is -2.34. The third-order valence-corrected chi connectivity index (χ3v) is 6.03. The highest BCUT2D eigenvalue weighted by Crippen LogP contribution is 2.29. The van der Waals surface area contributed by atoms with Crippen LogP contribution < -0.4 is 5.32 Å². The fourth-order valence-corrected chi connectivity index (χ4v) is 3.87. The zero-order valence-electron chi connectivity index (χ0n) is 14.5. The summed E-state index contributed by atoms with van der Waals surface area (Å²) in [6.07, 6.45) is 0. The molecule has 0 unspecified atom stereocenters. The minimum atomic E-state index is -0.109. The summed E-state index contributed by atoms with van der Waals surface area (Å²) in [7, 11) is 0. The Kier molecular flexibility index (Phi) is 7.26. The van der Waals surface area contributed by atoms with Gasteiger partial charge in [-0.25, -0.2) is 0 Å². The summed E-state index contributed by atoms with van der Waals surface area (Å²) >= 11 is 24.6. The molecule has 1 amide bonds. The van der Waals surface area contributed by atoms with Crippen LogP contribution in [-0.2, 0) is 11.3 Å². The summed E-state index contributed by atoms with van der Waals surface area (Å²) in [6, 6.07) is 10.7. The molecular formula is C19H19Cl4N3O. The molecular weight excluding hydrogens is 428 g/mol. The van der Waals surface area contributed by atoms with Gasteiger partial charge in [0.25, 0.3) is 0 Å². The van der Waals surface area contributed by atoms with Gasteiger partial charge in [0.1, 0.15) is 0 Å². The van der Waals surface area contributed by atoms with Crippen LogP contribution in [0, 0.1) is 0 Å². The topological polar surface area (TPSA) is 35.6 Å². The first-order chi connectivity index (χ1) is 12.9. The van der Waals surface area contributed by atoms with Gasteiger partial charge in [0.15, 0.2) is 0 Å². The summed E-state index contributed by atoms with van der Waals surface area (Å²) in [6.45, 7) is 4.28. The van der Waals surface area contributed by atoms with E-state index in [1.165, 1.54) is 0 Å². The molecule has 3 rings (SSSR count). The van der Waals surface area contributed by atoms with E-state index in [1.807, 2.05) is 18.2 Å². The lowest BCUT2D eigenvalue weighted by atomic mass is 10.2. The average Bonchev–Trinajstić information content (AvgIpc) is 2.63. The van der Waals surface area contributed by atoms with E-state index < -0.39 is 0 Å². The fraction of sp³-hybridized carbons (Fsp3) is 0.316. The molecule has 144 valence electrons. The Morgan fingerprint density at radius 1 is 0.852 bits per heavy atom. The van der Waals surface area contributed by atoms with E-state index in [9.17, 15) is 4.79 Å². The van der Waals surface area contributed by atoms with Crippen molar-refractivity contribution >= 4 is 58.0 Å². The molecule has 0 bridgehead atoms. The van der Waals surface area contributed by atoms with Crippen molar-refractivity contribution in [3.8, 4) is 0 Å². The van der Waals surface area contributed by atoms with Crippen molar-refractivity contribution in [1.29, 1.82) is 0 Å². The van der Waals surface area contributed by atoms with E-state index in [0.717, 1.165) is 31.7 Å². The lowest BCUT2D eigenvalue weighted by molar-refractivity contribution is -0.117. The van der Waals surface area contributed by atoms with Crippen LogP contribution in [0.5, 0.6) is 0 Å². The first-order valence-electron chi connectivity index (χ1n) is 8.55. The number of benzene rings is 2. The van der Waals surface area contributed by atoms with Crippen molar-refractivity contribution < 1.29 is 4.79 Å². The van der Waals surface area contributed by atoms with E-state index >= 15 is 0 Å². The van der Waals surface area contributed by atoms with Crippen molar-refractivity contribution in [3.05, 3.63) is 62.1 Å². The summed E-state index contributed by atoms with van der Waals surface area (Å²) in [5, 5.41) is 4.96.